The lowest BCUT2D eigenvalue weighted by Gasteiger charge is -2.36. The summed E-state index contributed by atoms with van der Waals surface area (Å²) < 4.78 is 1.94. The highest BCUT2D eigenvalue weighted by Gasteiger charge is 2.27. The fourth-order valence-corrected chi connectivity index (χ4v) is 3.27. The predicted molar refractivity (Wildman–Crippen MR) is 91.2 cm³/mol. The van der Waals surface area contributed by atoms with E-state index in [1.165, 1.54) is 0 Å². The number of carbonyl (C=O) groups is 1. The van der Waals surface area contributed by atoms with Gasteiger partial charge in [0.05, 0.1) is 36.8 Å². The van der Waals surface area contributed by atoms with Crippen LogP contribution in [0.3, 0.4) is 0 Å². The molecule has 0 bridgehead atoms. The van der Waals surface area contributed by atoms with Crippen molar-refractivity contribution in [2.75, 3.05) is 6.54 Å². The lowest BCUT2D eigenvalue weighted by molar-refractivity contribution is -0.134. The monoisotopic (exact) mass is 322 g/mol. The largest absolute Gasteiger partial charge is 0.338 e. The van der Waals surface area contributed by atoms with Crippen molar-refractivity contribution in [3.05, 3.63) is 53.3 Å². The first-order valence-corrected chi connectivity index (χ1v) is 8.43. The van der Waals surface area contributed by atoms with Gasteiger partial charge >= 0.3 is 0 Å². The molecule has 0 N–H and O–H groups in total. The van der Waals surface area contributed by atoms with Crippen LogP contribution >= 0.6 is 0 Å². The van der Waals surface area contributed by atoms with Gasteiger partial charge in [0.25, 0.3) is 0 Å². The van der Waals surface area contributed by atoms with E-state index in [-0.39, 0.29) is 11.9 Å². The minimum Gasteiger partial charge on any atom is -0.338 e. The molecule has 2 aromatic rings. The van der Waals surface area contributed by atoms with Gasteiger partial charge in [-0.3, -0.25) is 9.48 Å². The van der Waals surface area contributed by atoms with Crippen molar-refractivity contribution in [2.24, 2.45) is 0 Å². The van der Waals surface area contributed by atoms with Crippen LogP contribution in [0.5, 0.6) is 0 Å². The molecule has 124 valence electrons. The molecule has 1 aromatic carbocycles. The summed E-state index contributed by atoms with van der Waals surface area (Å²) in [4.78, 5) is 14.8. The standard InChI is InChI=1S/C19H22N4O/c1-15-12-21-22(13-15)14-18-4-2-3-9-23(18)19(24)10-16-5-7-17(11-20)8-6-16/h5-8,12-13,18H,2-4,9-10,14H2,1H3/t18-/m1/s1. The number of hydrogen-bond donors (Lipinski definition) is 0. The van der Waals surface area contributed by atoms with Gasteiger partial charge in [-0.25, -0.2) is 0 Å². The Hall–Kier alpha value is -2.61. The van der Waals surface area contributed by atoms with Crippen molar-refractivity contribution in [1.29, 1.82) is 5.26 Å². The average Bonchev–Trinajstić information content (AvgIpc) is 3.01. The third-order valence-electron chi connectivity index (χ3n) is 4.55. The molecule has 24 heavy (non-hydrogen) atoms. The van der Waals surface area contributed by atoms with Crippen molar-refractivity contribution >= 4 is 5.91 Å². The van der Waals surface area contributed by atoms with Gasteiger partial charge < -0.3 is 4.90 Å². The van der Waals surface area contributed by atoms with E-state index < -0.39 is 0 Å². The maximum absolute atomic E-state index is 12.8. The highest BCUT2D eigenvalue weighted by Crippen LogP contribution is 2.20. The third kappa shape index (κ3) is 3.83. The Morgan fingerprint density at radius 3 is 2.79 bits per heavy atom. The Morgan fingerprint density at radius 1 is 1.33 bits per heavy atom. The number of nitriles is 1. The minimum atomic E-state index is 0.160. The van der Waals surface area contributed by atoms with Gasteiger partial charge in [-0.2, -0.15) is 10.4 Å². The molecule has 0 unspecified atom stereocenters. The van der Waals surface area contributed by atoms with Gasteiger partial charge in [0.2, 0.25) is 5.91 Å². The Labute approximate surface area is 142 Å². The average molecular weight is 322 g/mol. The van der Waals surface area contributed by atoms with E-state index in [9.17, 15) is 4.79 Å². The number of nitrogens with zero attached hydrogens (tertiary/aromatic N) is 4. The molecule has 1 aromatic heterocycles. The molecule has 1 saturated heterocycles. The summed E-state index contributed by atoms with van der Waals surface area (Å²) in [6.45, 7) is 3.60. The summed E-state index contributed by atoms with van der Waals surface area (Å²) in [6.07, 6.45) is 7.52. The molecule has 1 amide bonds. The molecule has 0 saturated carbocycles. The Balaban J connectivity index is 1.67. The first kappa shape index (κ1) is 16.3. The Kier molecular flexibility index (Phi) is 4.95. The van der Waals surface area contributed by atoms with Gasteiger partial charge in [0.1, 0.15) is 0 Å². The second-order valence-electron chi connectivity index (χ2n) is 6.46. The molecule has 5 nitrogen and oxygen atoms in total. The number of benzene rings is 1. The maximum atomic E-state index is 12.8. The zero-order chi connectivity index (χ0) is 16.9. The van der Waals surface area contributed by atoms with E-state index in [4.69, 9.17) is 5.26 Å². The van der Waals surface area contributed by atoms with E-state index in [1.54, 1.807) is 12.1 Å². The van der Waals surface area contributed by atoms with E-state index >= 15 is 0 Å². The SMILES string of the molecule is Cc1cnn(C[C@H]2CCCCN2C(=O)Cc2ccc(C#N)cc2)c1. The molecule has 0 radical (unpaired) electrons. The third-order valence-corrected chi connectivity index (χ3v) is 4.55. The van der Waals surface area contributed by atoms with Crippen LogP contribution in [0, 0.1) is 18.3 Å². The molecular weight excluding hydrogens is 300 g/mol. The van der Waals surface area contributed by atoms with Crippen LogP contribution in [0.1, 0.15) is 36.0 Å². The number of hydrogen-bond acceptors (Lipinski definition) is 3. The number of carbonyl (C=O) groups excluding carboxylic acids is 1. The normalized spacial score (nSPS) is 17.5. The fourth-order valence-electron chi connectivity index (χ4n) is 3.27. The molecular formula is C19H22N4O. The molecule has 0 aliphatic carbocycles. The van der Waals surface area contributed by atoms with Crippen molar-refractivity contribution in [3.8, 4) is 6.07 Å². The molecule has 3 rings (SSSR count). The second kappa shape index (κ2) is 7.31. The second-order valence-corrected chi connectivity index (χ2v) is 6.46. The van der Waals surface area contributed by atoms with Crippen LogP contribution in [0.2, 0.25) is 0 Å². The van der Waals surface area contributed by atoms with E-state index in [1.807, 2.05) is 41.0 Å². The summed E-state index contributed by atoms with van der Waals surface area (Å²) in [5.74, 6) is 0.160. The molecule has 0 spiro atoms. The van der Waals surface area contributed by atoms with Crippen LogP contribution in [-0.2, 0) is 17.8 Å². The maximum Gasteiger partial charge on any atom is 0.227 e. The molecule has 5 heteroatoms. The van der Waals surface area contributed by atoms with Crippen LogP contribution < -0.4 is 0 Å². The zero-order valence-corrected chi connectivity index (χ0v) is 14.0. The number of rotatable bonds is 4. The Bertz CT molecular complexity index is 741. The zero-order valence-electron chi connectivity index (χ0n) is 14.0. The topological polar surface area (TPSA) is 61.9 Å². The highest BCUT2D eigenvalue weighted by atomic mass is 16.2. The number of piperidine rings is 1. The summed E-state index contributed by atoms with van der Waals surface area (Å²) in [6, 6.07) is 9.58. The van der Waals surface area contributed by atoms with Crippen molar-refractivity contribution < 1.29 is 4.79 Å². The van der Waals surface area contributed by atoms with Crippen molar-refractivity contribution in [3.63, 3.8) is 0 Å². The van der Waals surface area contributed by atoms with Gasteiger partial charge in [-0.15, -0.1) is 0 Å². The molecule has 1 atom stereocenters. The lowest BCUT2D eigenvalue weighted by atomic mass is 10.0. The number of aromatic nitrogens is 2. The lowest BCUT2D eigenvalue weighted by Crippen LogP contribution is -2.46. The summed E-state index contributed by atoms with van der Waals surface area (Å²) in [5.41, 5.74) is 2.72. The quantitative estimate of drug-likeness (QED) is 0.869. The number of aryl methyl sites for hydroxylation is 1. The highest BCUT2D eigenvalue weighted by molar-refractivity contribution is 5.79. The summed E-state index contributed by atoms with van der Waals surface area (Å²) >= 11 is 0. The molecule has 1 aliphatic rings. The van der Waals surface area contributed by atoms with Gasteiger partial charge in [-0.05, 0) is 49.4 Å². The number of likely N-dealkylation sites (tertiary alicyclic amines) is 1. The van der Waals surface area contributed by atoms with E-state index in [0.29, 0.717) is 12.0 Å². The summed E-state index contributed by atoms with van der Waals surface area (Å²) in [5, 5.41) is 13.2. The molecule has 1 fully saturated rings. The fraction of sp³-hybridized carbons (Fsp3) is 0.421. The molecule has 2 heterocycles. The van der Waals surface area contributed by atoms with Gasteiger partial charge in [-0.1, -0.05) is 12.1 Å². The Morgan fingerprint density at radius 2 is 2.12 bits per heavy atom. The van der Waals surface area contributed by atoms with Crippen molar-refractivity contribution in [2.45, 2.75) is 45.2 Å². The van der Waals surface area contributed by atoms with Crippen LogP contribution in [-0.4, -0.2) is 33.2 Å². The van der Waals surface area contributed by atoms with Crippen LogP contribution in [0.4, 0.5) is 0 Å². The van der Waals surface area contributed by atoms with E-state index in [0.717, 1.165) is 43.5 Å². The number of amides is 1. The van der Waals surface area contributed by atoms with Gasteiger partial charge in [0, 0.05) is 12.7 Å². The van der Waals surface area contributed by atoms with Crippen molar-refractivity contribution in [1.82, 2.24) is 14.7 Å². The smallest absolute Gasteiger partial charge is 0.227 e. The summed E-state index contributed by atoms with van der Waals surface area (Å²) in [7, 11) is 0. The predicted octanol–water partition coefficient (Wildman–Crippen LogP) is 2.69. The van der Waals surface area contributed by atoms with Crippen LogP contribution in [0.15, 0.2) is 36.7 Å². The first-order chi connectivity index (χ1) is 11.7. The van der Waals surface area contributed by atoms with E-state index in [2.05, 4.69) is 11.2 Å². The van der Waals surface area contributed by atoms with Crippen LogP contribution in [0.25, 0.3) is 0 Å². The molecule has 1 aliphatic heterocycles. The minimum absolute atomic E-state index is 0.160. The van der Waals surface area contributed by atoms with Gasteiger partial charge in [0.15, 0.2) is 0 Å². The first-order valence-electron chi connectivity index (χ1n) is 8.43.